The molecule has 0 amide bonds. The first-order valence-electron chi connectivity index (χ1n) is 2.98. The zero-order chi connectivity index (χ0) is 9.78. The highest BCUT2D eigenvalue weighted by Crippen LogP contribution is 2.36. The van der Waals surface area contributed by atoms with E-state index < -0.39 is 3.24 Å². The molecule has 2 unspecified atom stereocenters. The van der Waals surface area contributed by atoms with Crippen molar-refractivity contribution < 1.29 is 0 Å². The number of rotatable bonds is 4. The van der Waals surface area contributed by atoms with E-state index in [2.05, 4.69) is 31.9 Å². The fourth-order valence-corrected chi connectivity index (χ4v) is 2.53. The summed E-state index contributed by atoms with van der Waals surface area (Å²) in [6.45, 7) is 0. The van der Waals surface area contributed by atoms with Crippen LogP contribution >= 0.6 is 78.3 Å². The molecule has 0 aliphatic carbocycles. The third-order valence-corrected chi connectivity index (χ3v) is 2.97. The molecule has 2 atom stereocenters. The second-order valence-corrected chi connectivity index (χ2v) is 7.44. The van der Waals surface area contributed by atoms with Gasteiger partial charge in [-0.3, -0.25) is 0 Å². The zero-order valence-electron chi connectivity index (χ0n) is 5.78. The molecule has 0 N–H and O–H groups in total. The molecule has 0 nitrogen and oxygen atoms in total. The predicted octanol–water partition coefficient (Wildman–Crippen LogP) is 5.03. The van der Waals surface area contributed by atoms with Crippen molar-refractivity contribution in [3.63, 3.8) is 0 Å². The van der Waals surface area contributed by atoms with Gasteiger partial charge >= 0.3 is 0 Å². The van der Waals surface area contributed by atoms with Crippen LogP contribution in [0.3, 0.4) is 0 Å². The third kappa shape index (κ3) is 7.28. The fraction of sp³-hybridized carbons (Fsp3) is 0.667. The first-order valence-corrected chi connectivity index (χ1v) is 6.32. The molecular formula is C6H6Br2Cl4. The highest BCUT2D eigenvalue weighted by atomic mass is 79.9. The lowest BCUT2D eigenvalue weighted by Crippen LogP contribution is -2.19. The Labute approximate surface area is 109 Å². The van der Waals surface area contributed by atoms with Gasteiger partial charge in [-0.2, -0.15) is 0 Å². The van der Waals surface area contributed by atoms with E-state index >= 15 is 0 Å². The van der Waals surface area contributed by atoms with E-state index in [1.807, 2.05) is 0 Å². The Hall–Kier alpha value is 1.86. The molecule has 0 radical (unpaired) electrons. The first kappa shape index (κ1) is 13.9. The van der Waals surface area contributed by atoms with Gasteiger partial charge in [-0.05, 0) is 20.9 Å². The Kier molecular flexibility index (Phi) is 7.35. The Balaban J connectivity index is 3.95. The molecule has 72 valence electrons. The maximum Gasteiger partial charge on any atom is 0.173 e. The van der Waals surface area contributed by atoms with Gasteiger partial charge in [-0.25, -0.2) is 0 Å². The topological polar surface area (TPSA) is 0 Å². The van der Waals surface area contributed by atoms with E-state index in [-0.39, 0.29) is 10.8 Å². The molecule has 6 heteroatoms. The van der Waals surface area contributed by atoms with Gasteiger partial charge in [0.1, 0.15) is 0 Å². The van der Waals surface area contributed by atoms with Gasteiger partial charge in [-0.1, -0.05) is 45.2 Å². The molecule has 0 saturated carbocycles. The molecule has 0 bridgehead atoms. The molecule has 0 rings (SSSR count). The molecule has 0 heterocycles. The summed E-state index contributed by atoms with van der Waals surface area (Å²) in [6.07, 6.45) is 2.08. The highest BCUT2D eigenvalue weighted by Gasteiger charge is 2.26. The molecule has 0 aromatic carbocycles. The van der Waals surface area contributed by atoms with Crippen molar-refractivity contribution >= 4 is 78.3 Å². The number of alkyl halides is 5. The van der Waals surface area contributed by atoms with Crippen LogP contribution < -0.4 is 0 Å². The van der Waals surface area contributed by atoms with Gasteiger partial charge in [-0.15, -0.1) is 23.2 Å². The summed E-state index contributed by atoms with van der Waals surface area (Å²) in [5.41, 5.74) is 0. The van der Waals surface area contributed by atoms with Gasteiger partial charge in [0.2, 0.25) is 0 Å². The van der Waals surface area contributed by atoms with Gasteiger partial charge in [0.05, 0.1) is 10.8 Å². The minimum atomic E-state index is -1.01. The zero-order valence-corrected chi connectivity index (χ0v) is 12.0. The van der Waals surface area contributed by atoms with Crippen LogP contribution in [0.2, 0.25) is 0 Å². The largest absolute Gasteiger partial charge is 0.173 e. The van der Waals surface area contributed by atoms with Crippen molar-refractivity contribution in [3.8, 4) is 0 Å². The minimum Gasteiger partial charge on any atom is -0.121 e. The van der Waals surface area contributed by atoms with Crippen molar-refractivity contribution in [1.29, 1.82) is 0 Å². The summed E-state index contributed by atoms with van der Waals surface area (Å²) >= 11 is 29.2. The Bertz CT molecular complexity index is 154. The first-order chi connectivity index (χ1) is 5.37. The summed E-state index contributed by atoms with van der Waals surface area (Å²) in [5, 5.41) is -0.602. The normalized spacial score (nSPS) is 18.2. The van der Waals surface area contributed by atoms with Crippen molar-refractivity contribution in [3.05, 3.63) is 11.1 Å². The summed E-state index contributed by atoms with van der Waals surface area (Å²) < 4.78 is -1.01. The van der Waals surface area contributed by atoms with Crippen LogP contribution in [-0.2, 0) is 0 Å². The van der Waals surface area contributed by atoms with Crippen LogP contribution in [0.1, 0.15) is 6.42 Å². The molecule has 12 heavy (non-hydrogen) atoms. The average molecular weight is 380 g/mol. The standard InChI is InChI=1S/C6H6Br2Cl4/c7-2-1-4(9)5(10)3-6(8,11)12/h1-2,4-5H,3H2. The van der Waals surface area contributed by atoms with Crippen molar-refractivity contribution in [2.75, 3.05) is 0 Å². The number of allylic oxidation sites excluding steroid dienone is 1. The maximum atomic E-state index is 5.89. The Morgan fingerprint density at radius 3 is 2.17 bits per heavy atom. The van der Waals surface area contributed by atoms with E-state index in [9.17, 15) is 0 Å². The monoisotopic (exact) mass is 376 g/mol. The summed E-state index contributed by atoms with van der Waals surface area (Å²) in [6, 6.07) is 0. The van der Waals surface area contributed by atoms with E-state index in [4.69, 9.17) is 46.4 Å². The van der Waals surface area contributed by atoms with Crippen LogP contribution in [0.4, 0.5) is 0 Å². The lowest BCUT2D eigenvalue weighted by molar-refractivity contribution is 0.795. The average Bonchev–Trinajstić information content (AvgIpc) is 1.84. The van der Waals surface area contributed by atoms with Gasteiger partial charge < -0.3 is 0 Å². The van der Waals surface area contributed by atoms with E-state index in [0.717, 1.165) is 0 Å². The van der Waals surface area contributed by atoms with Crippen LogP contribution in [0.25, 0.3) is 0 Å². The molecule has 0 aliphatic heterocycles. The van der Waals surface area contributed by atoms with Crippen molar-refractivity contribution in [2.24, 2.45) is 0 Å². The molecule has 0 spiro atoms. The van der Waals surface area contributed by atoms with Crippen LogP contribution in [0.5, 0.6) is 0 Å². The quantitative estimate of drug-likeness (QED) is 0.601. The number of halogens is 6. The molecule has 0 aromatic rings. The third-order valence-electron chi connectivity index (χ3n) is 1.03. The summed E-state index contributed by atoms with van der Waals surface area (Å²) in [4.78, 5) is 1.65. The predicted molar refractivity (Wildman–Crippen MR) is 65.3 cm³/mol. The van der Waals surface area contributed by atoms with Gasteiger partial charge in [0.25, 0.3) is 0 Å². The number of hydrogen-bond donors (Lipinski definition) is 0. The van der Waals surface area contributed by atoms with Crippen LogP contribution in [0.15, 0.2) is 11.1 Å². The fourth-order valence-electron chi connectivity index (χ4n) is 0.524. The smallest absolute Gasteiger partial charge is 0.121 e. The van der Waals surface area contributed by atoms with E-state index in [1.165, 1.54) is 0 Å². The molecule has 0 aromatic heterocycles. The Morgan fingerprint density at radius 1 is 1.33 bits per heavy atom. The van der Waals surface area contributed by atoms with Crippen LogP contribution in [0, 0.1) is 0 Å². The molecular weight excluding hydrogens is 374 g/mol. The maximum absolute atomic E-state index is 5.89. The minimum absolute atomic E-state index is 0.291. The van der Waals surface area contributed by atoms with Crippen molar-refractivity contribution in [1.82, 2.24) is 0 Å². The van der Waals surface area contributed by atoms with Gasteiger partial charge in [0.15, 0.2) is 3.24 Å². The van der Waals surface area contributed by atoms with E-state index in [0.29, 0.717) is 6.42 Å². The molecule has 0 fully saturated rings. The number of hydrogen-bond acceptors (Lipinski definition) is 0. The second-order valence-electron chi connectivity index (χ2n) is 2.10. The molecule has 0 aliphatic rings. The Morgan fingerprint density at radius 2 is 1.83 bits per heavy atom. The highest BCUT2D eigenvalue weighted by molar-refractivity contribution is 9.11. The van der Waals surface area contributed by atoms with E-state index in [1.54, 1.807) is 11.1 Å². The molecule has 0 saturated heterocycles. The summed E-state index contributed by atoms with van der Waals surface area (Å²) in [7, 11) is 0. The lowest BCUT2D eigenvalue weighted by Gasteiger charge is -2.17. The second kappa shape index (κ2) is 6.36. The lowest BCUT2D eigenvalue weighted by atomic mass is 10.2. The SMILES string of the molecule is ClC(C=CBr)C(Cl)CC(Cl)(Cl)Br. The van der Waals surface area contributed by atoms with Gasteiger partial charge in [0, 0.05) is 6.42 Å². The summed E-state index contributed by atoms with van der Waals surface area (Å²) in [5.74, 6) is 0. The van der Waals surface area contributed by atoms with Crippen LogP contribution in [-0.4, -0.2) is 14.0 Å². The van der Waals surface area contributed by atoms with Crippen molar-refractivity contribution in [2.45, 2.75) is 20.4 Å².